The fraction of sp³-hybridized carbons (Fsp3) is 0.182. The number of benzene rings is 1. The molecule has 0 amide bonds. The Balaban J connectivity index is 2.69. The highest BCUT2D eigenvalue weighted by molar-refractivity contribution is 5.87. The number of carbonyl (C=O) groups is 1. The van der Waals surface area contributed by atoms with Crippen LogP contribution in [0.2, 0.25) is 0 Å². The van der Waals surface area contributed by atoms with Gasteiger partial charge in [-0.2, -0.15) is 0 Å². The summed E-state index contributed by atoms with van der Waals surface area (Å²) < 4.78 is 17.7. The van der Waals surface area contributed by atoms with Gasteiger partial charge in [0.25, 0.3) is 0 Å². The minimum atomic E-state index is -0.462. The summed E-state index contributed by atoms with van der Waals surface area (Å²) >= 11 is 0. The standard InChI is InChI=1S/C11H11FO2/c1-2-14-11(13)8-7-9-5-3-4-6-10(9)12/h3-8H,2H2,1H3/b8-7-. The van der Waals surface area contributed by atoms with Crippen LogP contribution in [-0.4, -0.2) is 12.6 Å². The first-order valence-corrected chi connectivity index (χ1v) is 4.33. The Labute approximate surface area is 82.0 Å². The van der Waals surface area contributed by atoms with Crippen molar-refractivity contribution in [1.82, 2.24) is 0 Å². The van der Waals surface area contributed by atoms with Crippen molar-refractivity contribution in [3.63, 3.8) is 0 Å². The van der Waals surface area contributed by atoms with Crippen molar-refractivity contribution < 1.29 is 13.9 Å². The highest BCUT2D eigenvalue weighted by Gasteiger charge is 1.97. The molecule has 0 N–H and O–H groups in total. The SMILES string of the molecule is CCOC(=O)/C=C\c1ccccc1F. The van der Waals surface area contributed by atoms with Gasteiger partial charge < -0.3 is 4.74 Å². The van der Waals surface area contributed by atoms with Crippen molar-refractivity contribution in [3.05, 3.63) is 41.7 Å². The van der Waals surface area contributed by atoms with Crippen molar-refractivity contribution in [2.24, 2.45) is 0 Å². The maximum Gasteiger partial charge on any atom is 0.330 e. The lowest BCUT2D eigenvalue weighted by Gasteiger charge is -1.96. The fourth-order valence-electron chi connectivity index (χ4n) is 0.958. The molecule has 1 rings (SSSR count). The maximum atomic E-state index is 13.0. The van der Waals surface area contributed by atoms with E-state index in [0.29, 0.717) is 12.2 Å². The van der Waals surface area contributed by atoms with Crippen LogP contribution < -0.4 is 0 Å². The third-order valence-corrected chi connectivity index (χ3v) is 1.59. The molecular formula is C11H11FO2. The van der Waals surface area contributed by atoms with E-state index in [-0.39, 0.29) is 5.82 Å². The van der Waals surface area contributed by atoms with Crippen molar-refractivity contribution in [3.8, 4) is 0 Å². The molecule has 2 nitrogen and oxygen atoms in total. The molecule has 0 aromatic heterocycles. The van der Waals surface area contributed by atoms with Gasteiger partial charge in [0.1, 0.15) is 5.82 Å². The van der Waals surface area contributed by atoms with Crippen molar-refractivity contribution in [1.29, 1.82) is 0 Å². The highest BCUT2D eigenvalue weighted by atomic mass is 19.1. The van der Waals surface area contributed by atoms with E-state index < -0.39 is 5.97 Å². The number of halogens is 1. The maximum absolute atomic E-state index is 13.0. The summed E-state index contributed by atoms with van der Waals surface area (Å²) in [5.41, 5.74) is 0.376. The molecule has 0 saturated heterocycles. The molecular weight excluding hydrogens is 183 g/mol. The second-order valence-electron chi connectivity index (χ2n) is 2.61. The van der Waals surface area contributed by atoms with E-state index in [4.69, 9.17) is 0 Å². The third-order valence-electron chi connectivity index (χ3n) is 1.59. The smallest absolute Gasteiger partial charge is 0.330 e. The summed E-state index contributed by atoms with van der Waals surface area (Å²) in [6.07, 6.45) is 2.61. The minimum Gasteiger partial charge on any atom is -0.463 e. The molecule has 3 heteroatoms. The zero-order valence-corrected chi connectivity index (χ0v) is 7.87. The molecule has 0 fully saturated rings. The molecule has 0 aliphatic rings. The van der Waals surface area contributed by atoms with E-state index in [1.165, 1.54) is 18.2 Å². The molecule has 0 heterocycles. The topological polar surface area (TPSA) is 26.3 Å². The van der Waals surface area contributed by atoms with Crippen LogP contribution in [0, 0.1) is 5.82 Å². The first kappa shape index (κ1) is 10.4. The minimum absolute atomic E-state index is 0.320. The second-order valence-corrected chi connectivity index (χ2v) is 2.61. The summed E-state index contributed by atoms with van der Waals surface area (Å²) in [5, 5.41) is 0. The number of ether oxygens (including phenoxy) is 1. The van der Waals surface area contributed by atoms with Crippen LogP contribution in [0.25, 0.3) is 6.08 Å². The van der Waals surface area contributed by atoms with Gasteiger partial charge in [0, 0.05) is 11.6 Å². The molecule has 0 aliphatic carbocycles. The predicted octanol–water partition coefficient (Wildman–Crippen LogP) is 2.40. The lowest BCUT2D eigenvalue weighted by atomic mass is 10.2. The van der Waals surface area contributed by atoms with Crippen molar-refractivity contribution in [2.45, 2.75) is 6.92 Å². The number of carbonyl (C=O) groups excluding carboxylic acids is 1. The zero-order chi connectivity index (χ0) is 10.4. The lowest BCUT2D eigenvalue weighted by molar-refractivity contribution is -0.137. The van der Waals surface area contributed by atoms with Crippen LogP contribution in [0.5, 0.6) is 0 Å². The van der Waals surface area contributed by atoms with E-state index >= 15 is 0 Å². The number of rotatable bonds is 3. The first-order chi connectivity index (χ1) is 6.74. The molecule has 0 unspecified atom stereocenters. The number of hydrogen-bond acceptors (Lipinski definition) is 2. The molecule has 0 saturated carbocycles. The van der Waals surface area contributed by atoms with Crippen LogP contribution in [0.3, 0.4) is 0 Å². The Morgan fingerprint density at radius 1 is 1.50 bits per heavy atom. The largest absolute Gasteiger partial charge is 0.463 e. The Bertz CT molecular complexity index is 345. The lowest BCUT2D eigenvalue weighted by Crippen LogP contribution is -1.98. The number of esters is 1. The van der Waals surface area contributed by atoms with E-state index in [2.05, 4.69) is 4.74 Å². The van der Waals surface area contributed by atoms with Crippen LogP contribution in [0.15, 0.2) is 30.3 Å². The first-order valence-electron chi connectivity index (χ1n) is 4.33. The molecule has 1 aromatic rings. The van der Waals surface area contributed by atoms with Gasteiger partial charge in [0.05, 0.1) is 6.61 Å². The van der Waals surface area contributed by atoms with Gasteiger partial charge in [-0.25, -0.2) is 9.18 Å². The third kappa shape index (κ3) is 3.01. The number of hydrogen-bond donors (Lipinski definition) is 0. The van der Waals surface area contributed by atoms with Crippen LogP contribution >= 0.6 is 0 Å². The van der Waals surface area contributed by atoms with E-state index in [0.717, 1.165) is 0 Å². The molecule has 0 atom stereocenters. The molecule has 14 heavy (non-hydrogen) atoms. The highest BCUT2D eigenvalue weighted by Crippen LogP contribution is 2.07. The Morgan fingerprint density at radius 3 is 2.86 bits per heavy atom. The fourth-order valence-corrected chi connectivity index (χ4v) is 0.958. The van der Waals surface area contributed by atoms with Gasteiger partial charge in [0.2, 0.25) is 0 Å². The Morgan fingerprint density at radius 2 is 2.21 bits per heavy atom. The van der Waals surface area contributed by atoms with Gasteiger partial charge >= 0.3 is 5.97 Å². The Kier molecular flexibility index (Phi) is 3.85. The summed E-state index contributed by atoms with van der Waals surface area (Å²) in [7, 11) is 0. The molecule has 0 bridgehead atoms. The van der Waals surface area contributed by atoms with Gasteiger partial charge in [-0.3, -0.25) is 0 Å². The molecule has 0 spiro atoms. The monoisotopic (exact) mass is 194 g/mol. The van der Waals surface area contributed by atoms with Gasteiger partial charge in [-0.1, -0.05) is 18.2 Å². The van der Waals surface area contributed by atoms with Gasteiger partial charge in [-0.05, 0) is 19.1 Å². The van der Waals surface area contributed by atoms with Crippen LogP contribution in [-0.2, 0) is 9.53 Å². The zero-order valence-electron chi connectivity index (χ0n) is 7.87. The van der Waals surface area contributed by atoms with Crippen molar-refractivity contribution >= 4 is 12.0 Å². The summed E-state index contributed by atoms with van der Waals surface area (Å²) in [6, 6.07) is 6.22. The van der Waals surface area contributed by atoms with Crippen LogP contribution in [0.4, 0.5) is 4.39 Å². The van der Waals surface area contributed by atoms with Gasteiger partial charge in [-0.15, -0.1) is 0 Å². The average Bonchev–Trinajstić information content (AvgIpc) is 2.17. The molecule has 74 valence electrons. The van der Waals surface area contributed by atoms with E-state index in [9.17, 15) is 9.18 Å². The summed E-state index contributed by atoms with van der Waals surface area (Å²) in [5.74, 6) is -0.816. The van der Waals surface area contributed by atoms with Crippen LogP contribution in [0.1, 0.15) is 12.5 Å². The molecule has 0 aliphatic heterocycles. The van der Waals surface area contributed by atoms with Crippen molar-refractivity contribution in [2.75, 3.05) is 6.61 Å². The predicted molar refractivity (Wildman–Crippen MR) is 52.1 cm³/mol. The summed E-state index contributed by atoms with van der Waals surface area (Å²) in [6.45, 7) is 2.04. The normalized spacial score (nSPS) is 10.4. The average molecular weight is 194 g/mol. The van der Waals surface area contributed by atoms with E-state index in [1.807, 2.05) is 0 Å². The quantitative estimate of drug-likeness (QED) is 0.545. The molecule has 0 radical (unpaired) electrons. The summed E-state index contributed by atoms with van der Waals surface area (Å²) in [4.78, 5) is 10.9. The second kappa shape index (κ2) is 5.17. The van der Waals surface area contributed by atoms with E-state index in [1.54, 1.807) is 25.1 Å². The molecule has 1 aromatic carbocycles. The van der Waals surface area contributed by atoms with Gasteiger partial charge in [0.15, 0.2) is 0 Å². The Hall–Kier alpha value is -1.64.